The van der Waals surface area contributed by atoms with Crippen molar-refractivity contribution in [3.05, 3.63) is 64.3 Å². The van der Waals surface area contributed by atoms with E-state index in [1.807, 2.05) is 13.8 Å². The Labute approximate surface area is 186 Å². The summed E-state index contributed by atoms with van der Waals surface area (Å²) in [7, 11) is 0. The molecule has 1 N–H and O–H groups in total. The molecule has 1 fully saturated rings. The lowest BCUT2D eigenvalue weighted by Gasteiger charge is -2.44. The van der Waals surface area contributed by atoms with Crippen LogP contribution in [0.2, 0.25) is 0 Å². The lowest BCUT2D eigenvalue weighted by atomic mass is 9.65. The monoisotopic (exact) mass is 446 g/mol. The topological polar surface area (TPSA) is 41.6 Å². The number of alkyl halides is 2. The van der Waals surface area contributed by atoms with E-state index >= 15 is 0 Å². The molecule has 1 saturated carbocycles. The Morgan fingerprint density at radius 3 is 2.72 bits per heavy atom. The molecule has 0 radical (unpaired) electrons. The summed E-state index contributed by atoms with van der Waals surface area (Å²) < 4.78 is 45.9. The molecule has 7 heteroatoms. The highest BCUT2D eigenvalue weighted by Crippen LogP contribution is 2.53. The van der Waals surface area contributed by atoms with Gasteiger partial charge in [0.1, 0.15) is 18.2 Å². The van der Waals surface area contributed by atoms with Gasteiger partial charge in [-0.05, 0) is 42.6 Å². The predicted octanol–water partition coefficient (Wildman–Crippen LogP) is 5.47. The van der Waals surface area contributed by atoms with Gasteiger partial charge in [-0.1, -0.05) is 19.1 Å². The molecule has 2 aliphatic carbocycles. The van der Waals surface area contributed by atoms with Crippen LogP contribution in [0.25, 0.3) is 0 Å². The van der Waals surface area contributed by atoms with Crippen LogP contribution in [-0.4, -0.2) is 29.9 Å². The minimum absolute atomic E-state index is 0.0834. The van der Waals surface area contributed by atoms with E-state index in [9.17, 15) is 18.0 Å². The molecule has 1 aromatic carbocycles. The van der Waals surface area contributed by atoms with E-state index in [0.717, 1.165) is 28.1 Å². The van der Waals surface area contributed by atoms with Crippen molar-refractivity contribution in [3.63, 3.8) is 0 Å². The van der Waals surface area contributed by atoms with Gasteiger partial charge in [0.2, 0.25) is 11.8 Å². The zero-order valence-corrected chi connectivity index (χ0v) is 18.7. The largest absolute Gasteiger partial charge is 0.491 e. The fraction of sp³-hybridized carbons (Fsp3) is 0.480. The number of benzene rings is 1. The maximum absolute atomic E-state index is 13.6. The number of amides is 1. The van der Waals surface area contributed by atoms with Crippen LogP contribution >= 0.6 is 0 Å². The van der Waals surface area contributed by atoms with Gasteiger partial charge in [0, 0.05) is 55.3 Å². The second-order valence-electron chi connectivity index (χ2n) is 9.55. The SMILES string of the molecule is CC1=CCC(N2CCOc3cc(F)ccc3C2)=CC(C)=C1NC(=O)CC1(C)CC(F)(F)C1. The van der Waals surface area contributed by atoms with Crippen molar-refractivity contribution in [2.75, 3.05) is 13.2 Å². The molecule has 0 bridgehead atoms. The number of hydrogen-bond acceptors (Lipinski definition) is 3. The molecule has 1 heterocycles. The number of nitrogens with zero attached hydrogens (tertiary/aromatic N) is 1. The number of nitrogens with one attached hydrogen (secondary N) is 1. The van der Waals surface area contributed by atoms with Crippen LogP contribution in [0.5, 0.6) is 5.75 Å². The normalized spacial score (nSPS) is 21.9. The highest BCUT2D eigenvalue weighted by molar-refractivity contribution is 5.80. The molecule has 0 unspecified atom stereocenters. The fourth-order valence-corrected chi connectivity index (χ4v) is 4.95. The first-order valence-corrected chi connectivity index (χ1v) is 11.0. The molecule has 0 atom stereocenters. The third kappa shape index (κ3) is 4.87. The number of halogens is 3. The van der Waals surface area contributed by atoms with Gasteiger partial charge >= 0.3 is 0 Å². The quantitative estimate of drug-likeness (QED) is 0.667. The molecule has 32 heavy (non-hydrogen) atoms. The van der Waals surface area contributed by atoms with Crippen molar-refractivity contribution in [2.45, 2.75) is 58.9 Å². The predicted molar refractivity (Wildman–Crippen MR) is 117 cm³/mol. The summed E-state index contributed by atoms with van der Waals surface area (Å²) in [6.07, 6.45) is 4.40. The van der Waals surface area contributed by atoms with Crippen LogP contribution in [-0.2, 0) is 11.3 Å². The van der Waals surface area contributed by atoms with E-state index in [1.165, 1.54) is 12.1 Å². The number of allylic oxidation sites excluding steroid dienone is 4. The lowest BCUT2D eigenvalue weighted by Crippen LogP contribution is -2.46. The number of carbonyl (C=O) groups is 1. The fourth-order valence-electron chi connectivity index (χ4n) is 4.95. The van der Waals surface area contributed by atoms with Gasteiger partial charge in [0.15, 0.2) is 0 Å². The van der Waals surface area contributed by atoms with E-state index in [0.29, 0.717) is 31.9 Å². The Morgan fingerprint density at radius 2 is 2.00 bits per heavy atom. The Balaban J connectivity index is 1.50. The maximum atomic E-state index is 13.6. The zero-order chi connectivity index (χ0) is 23.1. The summed E-state index contributed by atoms with van der Waals surface area (Å²) in [5.41, 5.74) is 3.94. The summed E-state index contributed by atoms with van der Waals surface area (Å²) in [5, 5.41) is 2.97. The Hall–Kier alpha value is -2.70. The van der Waals surface area contributed by atoms with Crippen molar-refractivity contribution >= 4 is 5.91 Å². The third-order valence-electron chi connectivity index (χ3n) is 6.43. The Morgan fingerprint density at radius 1 is 1.25 bits per heavy atom. The molecule has 0 aromatic heterocycles. The van der Waals surface area contributed by atoms with Gasteiger partial charge < -0.3 is 15.0 Å². The molecule has 4 nitrogen and oxygen atoms in total. The molecule has 1 aliphatic heterocycles. The van der Waals surface area contributed by atoms with Crippen molar-refractivity contribution in [3.8, 4) is 5.75 Å². The van der Waals surface area contributed by atoms with E-state index in [-0.39, 0.29) is 31.0 Å². The summed E-state index contributed by atoms with van der Waals surface area (Å²) >= 11 is 0. The number of hydrogen-bond donors (Lipinski definition) is 1. The smallest absolute Gasteiger partial charge is 0.249 e. The first-order chi connectivity index (χ1) is 15.0. The van der Waals surface area contributed by atoms with Crippen molar-refractivity contribution in [1.82, 2.24) is 10.2 Å². The van der Waals surface area contributed by atoms with Gasteiger partial charge in [0.05, 0.1) is 6.54 Å². The molecule has 1 amide bonds. The van der Waals surface area contributed by atoms with Gasteiger partial charge in [-0.25, -0.2) is 13.2 Å². The van der Waals surface area contributed by atoms with E-state index in [4.69, 9.17) is 4.74 Å². The number of fused-ring (bicyclic) bond motifs is 1. The van der Waals surface area contributed by atoms with E-state index in [1.54, 1.807) is 13.0 Å². The molecule has 4 rings (SSSR count). The van der Waals surface area contributed by atoms with Gasteiger partial charge in [-0.3, -0.25) is 4.79 Å². The Bertz CT molecular complexity index is 1020. The third-order valence-corrected chi connectivity index (χ3v) is 6.43. The number of rotatable bonds is 4. The molecule has 3 aliphatic rings. The highest BCUT2D eigenvalue weighted by Gasteiger charge is 2.54. The molecule has 172 valence electrons. The standard InChI is InChI=1S/C25H29F3N2O2/c1-16-4-7-20(30-8-9-32-21-11-19(26)6-5-18(21)13-30)10-17(2)23(16)29-22(31)12-24(3)14-25(27,28)15-24/h4-6,10-11H,7-9,12-15H2,1-3H3,(H,29,31). The van der Waals surface area contributed by atoms with Crippen molar-refractivity contribution in [2.24, 2.45) is 5.41 Å². The number of ether oxygens (including phenoxy) is 1. The van der Waals surface area contributed by atoms with E-state index in [2.05, 4.69) is 22.4 Å². The van der Waals surface area contributed by atoms with Crippen LogP contribution < -0.4 is 10.1 Å². The first-order valence-electron chi connectivity index (χ1n) is 11.0. The zero-order valence-electron chi connectivity index (χ0n) is 18.7. The van der Waals surface area contributed by atoms with Crippen molar-refractivity contribution in [1.29, 1.82) is 0 Å². The first kappa shape index (κ1) is 22.5. The average molecular weight is 447 g/mol. The van der Waals surface area contributed by atoms with Crippen LogP contribution in [0, 0.1) is 11.2 Å². The summed E-state index contributed by atoms with van der Waals surface area (Å²) in [4.78, 5) is 14.8. The highest BCUT2D eigenvalue weighted by atomic mass is 19.3. The minimum Gasteiger partial charge on any atom is -0.491 e. The average Bonchev–Trinajstić information content (AvgIpc) is 2.95. The summed E-state index contributed by atoms with van der Waals surface area (Å²) in [5.74, 6) is -2.63. The van der Waals surface area contributed by atoms with Crippen LogP contribution in [0.3, 0.4) is 0 Å². The number of carbonyl (C=O) groups excluding carboxylic acids is 1. The maximum Gasteiger partial charge on any atom is 0.249 e. The van der Waals surface area contributed by atoms with Crippen molar-refractivity contribution < 1.29 is 22.7 Å². The van der Waals surface area contributed by atoms with Gasteiger partial charge in [0.25, 0.3) is 0 Å². The summed E-state index contributed by atoms with van der Waals surface area (Å²) in [6.45, 7) is 7.34. The second-order valence-corrected chi connectivity index (χ2v) is 9.55. The van der Waals surface area contributed by atoms with Crippen LogP contribution in [0.15, 0.2) is 52.9 Å². The lowest BCUT2D eigenvalue weighted by molar-refractivity contribution is -0.161. The van der Waals surface area contributed by atoms with Gasteiger partial charge in [-0.15, -0.1) is 0 Å². The minimum atomic E-state index is -2.65. The molecular weight excluding hydrogens is 417 g/mol. The van der Waals surface area contributed by atoms with E-state index < -0.39 is 11.3 Å². The second kappa shape index (κ2) is 8.34. The molecule has 1 aromatic rings. The molecule has 0 saturated heterocycles. The summed E-state index contributed by atoms with van der Waals surface area (Å²) in [6, 6.07) is 4.61. The van der Waals surface area contributed by atoms with Crippen LogP contribution in [0.4, 0.5) is 13.2 Å². The molecular formula is C25H29F3N2O2. The van der Waals surface area contributed by atoms with Gasteiger partial charge in [-0.2, -0.15) is 0 Å². The van der Waals surface area contributed by atoms with Crippen LogP contribution in [0.1, 0.15) is 52.0 Å². The molecule has 0 spiro atoms. The Kier molecular flexibility index (Phi) is 5.86.